The fourth-order valence-corrected chi connectivity index (χ4v) is 4.20. The Kier molecular flexibility index (Phi) is 5.79. The van der Waals surface area contributed by atoms with E-state index in [1.807, 2.05) is 0 Å². The van der Waals surface area contributed by atoms with E-state index in [0.29, 0.717) is 11.3 Å². The monoisotopic (exact) mass is 293 g/mol. The number of nitrogens with one attached hydrogen (secondary N) is 1. The van der Waals surface area contributed by atoms with Gasteiger partial charge in [-0.15, -0.1) is 0 Å². The van der Waals surface area contributed by atoms with E-state index >= 15 is 0 Å². The van der Waals surface area contributed by atoms with Crippen LogP contribution in [0.3, 0.4) is 0 Å². The van der Waals surface area contributed by atoms with Gasteiger partial charge in [0.2, 0.25) is 0 Å². The summed E-state index contributed by atoms with van der Waals surface area (Å²) in [5.74, 6) is 2.99. The van der Waals surface area contributed by atoms with Crippen molar-refractivity contribution in [2.75, 3.05) is 19.4 Å². The number of methoxy groups -OCH3 is 1. The molecule has 2 rings (SSSR count). The van der Waals surface area contributed by atoms with Crippen molar-refractivity contribution in [2.45, 2.75) is 44.9 Å². The topological polar surface area (TPSA) is 21.3 Å². The van der Waals surface area contributed by atoms with Gasteiger partial charge in [-0.05, 0) is 54.3 Å². The molecule has 0 aromatic heterocycles. The second kappa shape index (κ2) is 7.37. The first-order valence-corrected chi connectivity index (χ1v) is 8.72. The normalized spacial score (nSPS) is 21.9. The van der Waals surface area contributed by atoms with Gasteiger partial charge in [-0.25, -0.2) is 0 Å². The summed E-state index contributed by atoms with van der Waals surface area (Å²) in [5.41, 5.74) is 2.93. The minimum absolute atomic E-state index is 0.485. The third-order valence-electron chi connectivity index (χ3n) is 3.82. The lowest BCUT2D eigenvalue weighted by atomic mass is 9.87. The predicted octanol–water partition coefficient (Wildman–Crippen LogP) is 4.05. The van der Waals surface area contributed by atoms with Gasteiger partial charge in [-0.3, -0.25) is 0 Å². The number of ether oxygens (including phenoxy) is 1. The van der Waals surface area contributed by atoms with E-state index in [9.17, 15) is 0 Å². The van der Waals surface area contributed by atoms with E-state index < -0.39 is 0 Å². The summed E-state index contributed by atoms with van der Waals surface area (Å²) in [4.78, 5) is 0. The van der Waals surface area contributed by atoms with E-state index in [-0.39, 0.29) is 0 Å². The van der Waals surface area contributed by atoms with Gasteiger partial charge in [0.1, 0.15) is 5.75 Å². The van der Waals surface area contributed by atoms with Gasteiger partial charge < -0.3 is 10.1 Å². The highest BCUT2D eigenvalue weighted by molar-refractivity contribution is 7.99. The van der Waals surface area contributed by atoms with Gasteiger partial charge in [0.15, 0.2) is 0 Å². The van der Waals surface area contributed by atoms with Crippen molar-refractivity contribution in [3.8, 4) is 5.75 Å². The smallest absolute Gasteiger partial charge is 0.119 e. The third-order valence-corrected chi connectivity index (χ3v) is 5.62. The maximum atomic E-state index is 5.36. The summed E-state index contributed by atoms with van der Waals surface area (Å²) in [7, 11) is 1.74. The molecular formula is C17H27NOS. The largest absolute Gasteiger partial charge is 0.497 e. The maximum absolute atomic E-state index is 5.36. The number of rotatable bonds is 6. The van der Waals surface area contributed by atoms with Crippen molar-refractivity contribution in [1.82, 2.24) is 5.32 Å². The van der Waals surface area contributed by atoms with E-state index in [0.717, 1.165) is 18.2 Å². The van der Waals surface area contributed by atoms with Crippen molar-refractivity contribution in [3.63, 3.8) is 0 Å². The lowest BCUT2D eigenvalue weighted by Crippen LogP contribution is -2.34. The highest BCUT2D eigenvalue weighted by atomic mass is 32.2. The predicted molar refractivity (Wildman–Crippen MR) is 88.8 cm³/mol. The minimum Gasteiger partial charge on any atom is -0.497 e. The van der Waals surface area contributed by atoms with Crippen LogP contribution in [0.25, 0.3) is 0 Å². The number of thioether (sulfide) groups is 1. The zero-order chi connectivity index (χ0) is 14.5. The van der Waals surface area contributed by atoms with Crippen LogP contribution in [0.1, 0.15) is 44.4 Å². The summed E-state index contributed by atoms with van der Waals surface area (Å²) in [6, 6.07) is 7.05. The van der Waals surface area contributed by atoms with Crippen molar-refractivity contribution < 1.29 is 4.74 Å². The van der Waals surface area contributed by atoms with E-state index in [1.54, 1.807) is 7.11 Å². The molecule has 1 N–H and O–H groups in total. The number of hydrogen-bond acceptors (Lipinski definition) is 3. The second-order valence-corrected chi connectivity index (χ2v) is 7.18. The molecule has 112 valence electrons. The van der Waals surface area contributed by atoms with Crippen molar-refractivity contribution in [1.29, 1.82) is 0 Å². The Morgan fingerprint density at radius 3 is 2.85 bits per heavy atom. The molecule has 0 heterocycles. The number of hydrogen-bond donors (Lipinski definition) is 1. The van der Waals surface area contributed by atoms with Gasteiger partial charge in [0, 0.05) is 11.3 Å². The summed E-state index contributed by atoms with van der Waals surface area (Å²) in [6.45, 7) is 7.82. The van der Waals surface area contributed by atoms with Crippen LogP contribution >= 0.6 is 11.8 Å². The number of benzene rings is 1. The minimum atomic E-state index is 0.485. The zero-order valence-corrected chi connectivity index (χ0v) is 13.9. The molecule has 0 aliphatic heterocycles. The van der Waals surface area contributed by atoms with E-state index in [2.05, 4.69) is 56.0 Å². The molecule has 2 nitrogen and oxygen atoms in total. The number of fused-ring (bicyclic) bond motifs is 1. The Balaban J connectivity index is 2.18. The van der Waals surface area contributed by atoms with Crippen LogP contribution in [-0.4, -0.2) is 24.7 Å². The lowest BCUT2D eigenvalue weighted by molar-refractivity contribution is 0.411. The standard InChI is InChI=1S/C17H27NOS/c1-5-18-17-15-8-7-14(19-4)10-13(15)6-9-16(17)20-11-12(2)3/h7-8,10,12,16-18H,5-6,9,11H2,1-4H3. The Hall–Kier alpha value is -0.670. The van der Waals surface area contributed by atoms with Crippen LogP contribution in [0, 0.1) is 5.92 Å². The molecule has 1 aliphatic carbocycles. The fourth-order valence-electron chi connectivity index (χ4n) is 2.85. The second-order valence-electron chi connectivity index (χ2n) is 5.90. The molecule has 3 heteroatoms. The molecule has 1 aromatic rings. The Morgan fingerprint density at radius 1 is 1.40 bits per heavy atom. The van der Waals surface area contributed by atoms with Crippen LogP contribution in [0.15, 0.2) is 18.2 Å². The quantitative estimate of drug-likeness (QED) is 0.855. The van der Waals surface area contributed by atoms with Gasteiger partial charge in [-0.2, -0.15) is 11.8 Å². The summed E-state index contributed by atoms with van der Waals surface area (Å²) in [6.07, 6.45) is 2.43. The van der Waals surface area contributed by atoms with Crippen LogP contribution in [0.2, 0.25) is 0 Å². The molecule has 0 spiro atoms. The first-order valence-electron chi connectivity index (χ1n) is 7.67. The van der Waals surface area contributed by atoms with Gasteiger partial charge in [-0.1, -0.05) is 26.8 Å². The van der Waals surface area contributed by atoms with E-state index in [1.165, 1.54) is 29.7 Å². The number of aryl methyl sites for hydroxylation is 1. The summed E-state index contributed by atoms with van der Waals surface area (Å²) in [5, 5.41) is 4.38. The molecule has 0 amide bonds. The molecule has 0 radical (unpaired) electrons. The molecule has 2 unspecified atom stereocenters. The maximum Gasteiger partial charge on any atom is 0.119 e. The highest BCUT2D eigenvalue weighted by Gasteiger charge is 2.29. The van der Waals surface area contributed by atoms with Crippen molar-refractivity contribution in [3.05, 3.63) is 29.3 Å². The summed E-state index contributed by atoms with van der Waals surface area (Å²) < 4.78 is 5.36. The average Bonchev–Trinajstić information content (AvgIpc) is 2.45. The van der Waals surface area contributed by atoms with Gasteiger partial charge in [0.05, 0.1) is 7.11 Å². The molecule has 20 heavy (non-hydrogen) atoms. The van der Waals surface area contributed by atoms with Crippen LogP contribution < -0.4 is 10.1 Å². The average molecular weight is 293 g/mol. The fraction of sp³-hybridized carbons (Fsp3) is 0.647. The molecule has 1 aliphatic rings. The molecule has 0 bridgehead atoms. The third kappa shape index (κ3) is 3.70. The zero-order valence-electron chi connectivity index (χ0n) is 13.1. The van der Waals surface area contributed by atoms with Gasteiger partial charge >= 0.3 is 0 Å². The Bertz CT molecular complexity index is 433. The van der Waals surface area contributed by atoms with Gasteiger partial charge in [0.25, 0.3) is 0 Å². The van der Waals surface area contributed by atoms with Crippen LogP contribution in [0.4, 0.5) is 0 Å². The first-order chi connectivity index (χ1) is 9.65. The Morgan fingerprint density at radius 2 is 2.20 bits per heavy atom. The van der Waals surface area contributed by atoms with Crippen molar-refractivity contribution >= 4 is 11.8 Å². The summed E-state index contributed by atoms with van der Waals surface area (Å²) >= 11 is 2.13. The molecule has 0 saturated heterocycles. The molecule has 1 aromatic carbocycles. The SMILES string of the molecule is CCNC1c2ccc(OC)cc2CCC1SCC(C)C. The lowest BCUT2D eigenvalue weighted by Gasteiger charge is -2.34. The van der Waals surface area contributed by atoms with Crippen LogP contribution in [0.5, 0.6) is 5.75 Å². The van der Waals surface area contributed by atoms with Crippen molar-refractivity contribution in [2.24, 2.45) is 5.92 Å². The Labute approximate surface area is 127 Å². The molecule has 0 saturated carbocycles. The molecule has 2 atom stereocenters. The molecule has 0 fully saturated rings. The van der Waals surface area contributed by atoms with E-state index in [4.69, 9.17) is 4.74 Å². The highest BCUT2D eigenvalue weighted by Crippen LogP contribution is 2.38. The molecular weight excluding hydrogens is 266 g/mol. The first kappa shape index (κ1) is 15.7. The van der Waals surface area contributed by atoms with Crippen LogP contribution in [-0.2, 0) is 6.42 Å².